The van der Waals surface area contributed by atoms with Crippen LogP contribution in [0.5, 0.6) is 0 Å². The van der Waals surface area contributed by atoms with E-state index in [1.807, 2.05) is 0 Å². The van der Waals surface area contributed by atoms with Gasteiger partial charge in [-0.25, -0.2) is 4.79 Å². The number of aromatic nitrogens is 3. The summed E-state index contributed by atoms with van der Waals surface area (Å²) in [5.74, 6) is -0.308. The number of carboxylic acids is 1. The van der Waals surface area contributed by atoms with Gasteiger partial charge in [0.25, 0.3) is 0 Å². The zero-order chi connectivity index (χ0) is 14.9. The van der Waals surface area contributed by atoms with Gasteiger partial charge in [-0.05, 0) is 20.8 Å². The number of aryl methyl sites for hydroxylation is 2. The van der Waals surface area contributed by atoms with Gasteiger partial charge in [0.2, 0.25) is 0 Å². The fourth-order valence-electron chi connectivity index (χ4n) is 2.09. The third-order valence-corrected chi connectivity index (χ3v) is 3.10. The van der Waals surface area contributed by atoms with Crippen molar-refractivity contribution >= 4 is 5.97 Å². The van der Waals surface area contributed by atoms with Gasteiger partial charge in [0.05, 0.1) is 13.0 Å². The monoisotopic (exact) mass is 277 g/mol. The van der Waals surface area contributed by atoms with Crippen LogP contribution in [0.2, 0.25) is 0 Å². The second-order valence-corrected chi connectivity index (χ2v) is 4.63. The standard InChI is InChI=1S/C13H15N3O4/c1-7-4-10(15-20-7)6-16-9(3)11(5-12(17)18)8(2)14-13(16)19/h4H,5-6H2,1-3H3,(H,17,18). The van der Waals surface area contributed by atoms with E-state index in [1.54, 1.807) is 26.8 Å². The molecule has 1 N–H and O–H groups in total. The highest BCUT2D eigenvalue weighted by molar-refractivity contribution is 5.70. The van der Waals surface area contributed by atoms with Crippen molar-refractivity contribution in [3.8, 4) is 0 Å². The first-order chi connectivity index (χ1) is 9.38. The van der Waals surface area contributed by atoms with Crippen molar-refractivity contribution in [3.63, 3.8) is 0 Å². The van der Waals surface area contributed by atoms with Crippen molar-refractivity contribution in [2.75, 3.05) is 0 Å². The van der Waals surface area contributed by atoms with E-state index in [4.69, 9.17) is 9.63 Å². The van der Waals surface area contributed by atoms with Gasteiger partial charge >= 0.3 is 11.7 Å². The van der Waals surface area contributed by atoms with Gasteiger partial charge in [-0.15, -0.1) is 0 Å². The first kappa shape index (κ1) is 14.0. The minimum Gasteiger partial charge on any atom is -0.481 e. The highest BCUT2D eigenvalue weighted by Gasteiger charge is 2.15. The maximum absolute atomic E-state index is 12.0. The molecule has 7 heteroatoms. The third kappa shape index (κ3) is 2.76. The van der Waals surface area contributed by atoms with Gasteiger partial charge in [-0.1, -0.05) is 5.16 Å². The number of nitrogens with zero attached hydrogens (tertiary/aromatic N) is 3. The maximum Gasteiger partial charge on any atom is 0.348 e. The summed E-state index contributed by atoms with van der Waals surface area (Å²) in [6.45, 7) is 5.32. The van der Waals surface area contributed by atoms with E-state index < -0.39 is 11.7 Å². The second-order valence-electron chi connectivity index (χ2n) is 4.63. The zero-order valence-corrected chi connectivity index (χ0v) is 11.5. The van der Waals surface area contributed by atoms with Crippen LogP contribution >= 0.6 is 0 Å². The molecule has 0 radical (unpaired) electrons. The van der Waals surface area contributed by atoms with Crippen molar-refractivity contribution in [2.24, 2.45) is 0 Å². The van der Waals surface area contributed by atoms with E-state index in [1.165, 1.54) is 4.57 Å². The molecule has 2 rings (SSSR count). The van der Waals surface area contributed by atoms with Crippen LogP contribution in [-0.2, 0) is 17.8 Å². The fraction of sp³-hybridized carbons (Fsp3) is 0.385. The van der Waals surface area contributed by atoms with Crippen LogP contribution in [0.1, 0.15) is 28.4 Å². The van der Waals surface area contributed by atoms with Crippen molar-refractivity contribution in [1.82, 2.24) is 14.7 Å². The van der Waals surface area contributed by atoms with Crippen LogP contribution in [0.15, 0.2) is 15.4 Å². The second kappa shape index (κ2) is 5.28. The molecular weight excluding hydrogens is 262 g/mol. The summed E-state index contributed by atoms with van der Waals surface area (Å²) >= 11 is 0. The average molecular weight is 277 g/mol. The predicted octanol–water partition coefficient (Wildman–Crippen LogP) is 0.832. The molecule has 0 aromatic carbocycles. The van der Waals surface area contributed by atoms with E-state index in [9.17, 15) is 9.59 Å². The van der Waals surface area contributed by atoms with Gasteiger partial charge in [-0.3, -0.25) is 9.36 Å². The zero-order valence-electron chi connectivity index (χ0n) is 11.5. The Balaban J connectivity index is 2.47. The Morgan fingerprint density at radius 2 is 2.10 bits per heavy atom. The molecule has 0 aliphatic carbocycles. The summed E-state index contributed by atoms with van der Waals surface area (Å²) in [6.07, 6.45) is -0.164. The Labute approximate surface area is 114 Å². The van der Waals surface area contributed by atoms with Gasteiger partial charge in [0, 0.05) is 23.0 Å². The van der Waals surface area contributed by atoms with Crippen LogP contribution in [0.25, 0.3) is 0 Å². The van der Waals surface area contributed by atoms with Crippen molar-refractivity contribution in [3.05, 3.63) is 45.0 Å². The Morgan fingerprint density at radius 3 is 2.65 bits per heavy atom. The number of aliphatic carboxylic acids is 1. The predicted molar refractivity (Wildman–Crippen MR) is 69.7 cm³/mol. The van der Waals surface area contributed by atoms with Gasteiger partial charge in [-0.2, -0.15) is 4.98 Å². The van der Waals surface area contributed by atoms with Gasteiger partial charge in [0.15, 0.2) is 0 Å². The molecule has 106 valence electrons. The molecule has 2 aromatic heterocycles. The topological polar surface area (TPSA) is 98.2 Å². The first-order valence-corrected chi connectivity index (χ1v) is 6.09. The van der Waals surface area contributed by atoms with Crippen LogP contribution in [-0.4, -0.2) is 25.8 Å². The summed E-state index contributed by atoms with van der Waals surface area (Å²) < 4.78 is 6.36. The largest absolute Gasteiger partial charge is 0.481 e. The number of hydrogen-bond donors (Lipinski definition) is 1. The molecule has 0 fully saturated rings. The summed E-state index contributed by atoms with van der Waals surface area (Å²) in [5, 5.41) is 12.8. The Bertz CT molecular complexity index is 715. The molecule has 0 amide bonds. The quantitative estimate of drug-likeness (QED) is 0.888. The minimum atomic E-state index is -0.958. The molecule has 20 heavy (non-hydrogen) atoms. The Morgan fingerprint density at radius 1 is 1.40 bits per heavy atom. The first-order valence-electron chi connectivity index (χ1n) is 6.09. The lowest BCUT2D eigenvalue weighted by Crippen LogP contribution is -2.29. The van der Waals surface area contributed by atoms with Gasteiger partial charge < -0.3 is 9.63 Å². The molecule has 0 unspecified atom stereocenters. The lowest BCUT2D eigenvalue weighted by atomic mass is 10.1. The number of carboxylic acid groups (broad SMARTS) is 1. The number of carbonyl (C=O) groups is 1. The lowest BCUT2D eigenvalue weighted by Gasteiger charge is -2.13. The van der Waals surface area contributed by atoms with Gasteiger partial charge in [0.1, 0.15) is 11.5 Å². The Kier molecular flexibility index (Phi) is 3.69. The maximum atomic E-state index is 12.0. The molecule has 0 spiro atoms. The number of rotatable bonds is 4. The van der Waals surface area contributed by atoms with Crippen LogP contribution in [0.4, 0.5) is 0 Å². The molecule has 0 atom stereocenters. The molecule has 0 bridgehead atoms. The molecule has 0 aliphatic heterocycles. The number of hydrogen-bond acceptors (Lipinski definition) is 5. The van der Waals surface area contributed by atoms with Crippen LogP contribution < -0.4 is 5.69 Å². The summed E-state index contributed by atoms with van der Waals surface area (Å²) in [7, 11) is 0. The van der Waals surface area contributed by atoms with E-state index >= 15 is 0 Å². The van der Waals surface area contributed by atoms with E-state index in [0.717, 1.165) is 0 Å². The van der Waals surface area contributed by atoms with E-state index in [-0.39, 0.29) is 13.0 Å². The fourth-order valence-corrected chi connectivity index (χ4v) is 2.09. The summed E-state index contributed by atoms with van der Waals surface area (Å²) in [6, 6.07) is 1.72. The Hall–Kier alpha value is -2.44. The SMILES string of the molecule is Cc1cc(Cn2c(C)c(CC(=O)O)c(C)nc2=O)no1. The molecule has 7 nitrogen and oxygen atoms in total. The molecular formula is C13H15N3O4. The van der Waals surface area contributed by atoms with Crippen molar-refractivity contribution in [2.45, 2.75) is 33.7 Å². The average Bonchev–Trinajstić information content (AvgIpc) is 2.75. The molecule has 0 saturated carbocycles. The van der Waals surface area contributed by atoms with E-state index in [0.29, 0.717) is 28.4 Å². The summed E-state index contributed by atoms with van der Waals surface area (Å²) in [5.41, 5.74) is 1.76. The van der Waals surface area contributed by atoms with Crippen molar-refractivity contribution in [1.29, 1.82) is 0 Å². The highest BCUT2D eigenvalue weighted by Crippen LogP contribution is 2.12. The van der Waals surface area contributed by atoms with Crippen LogP contribution in [0, 0.1) is 20.8 Å². The highest BCUT2D eigenvalue weighted by atomic mass is 16.5. The summed E-state index contributed by atoms with van der Waals surface area (Å²) in [4.78, 5) is 26.7. The van der Waals surface area contributed by atoms with E-state index in [2.05, 4.69) is 10.1 Å². The molecule has 2 heterocycles. The minimum absolute atomic E-state index is 0.164. The molecule has 0 aliphatic rings. The molecule has 2 aromatic rings. The third-order valence-electron chi connectivity index (χ3n) is 3.10. The normalized spacial score (nSPS) is 10.8. The smallest absolute Gasteiger partial charge is 0.348 e. The van der Waals surface area contributed by atoms with Crippen LogP contribution in [0.3, 0.4) is 0 Å². The van der Waals surface area contributed by atoms with Crippen molar-refractivity contribution < 1.29 is 14.4 Å². The molecule has 0 saturated heterocycles. The lowest BCUT2D eigenvalue weighted by molar-refractivity contribution is -0.136.